The number of rotatable bonds is 6. The second kappa shape index (κ2) is 7.51. The Kier molecular flexibility index (Phi) is 5.69. The van der Waals surface area contributed by atoms with Gasteiger partial charge in [0.25, 0.3) is 0 Å². The Labute approximate surface area is 135 Å². The maximum atomic E-state index is 12.0. The van der Waals surface area contributed by atoms with Crippen molar-refractivity contribution in [3.05, 3.63) is 42.1 Å². The Morgan fingerprint density at radius 2 is 2.18 bits per heavy atom. The van der Waals surface area contributed by atoms with Crippen molar-refractivity contribution in [2.75, 3.05) is 12.9 Å². The van der Waals surface area contributed by atoms with E-state index in [0.717, 1.165) is 16.5 Å². The van der Waals surface area contributed by atoms with E-state index in [1.54, 1.807) is 17.8 Å². The molecule has 1 heterocycles. The number of fused-ring (bicyclic) bond motifs is 1. The van der Waals surface area contributed by atoms with Crippen LogP contribution in [0, 0.1) is 0 Å². The Bertz CT molecular complexity index is 674. The van der Waals surface area contributed by atoms with Crippen LogP contribution >= 0.6 is 11.8 Å². The molecule has 2 atom stereocenters. The van der Waals surface area contributed by atoms with Gasteiger partial charge in [-0.15, -0.1) is 0 Å². The number of carbonyl (C=O) groups is 1. The lowest BCUT2D eigenvalue weighted by Gasteiger charge is -2.20. The maximum Gasteiger partial charge on any atom is 0.244 e. The van der Waals surface area contributed by atoms with Gasteiger partial charge in [-0.2, -0.15) is 11.8 Å². The summed E-state index contributed by atoms with van der Waals surface area (Å²) in [4.78, 5) is 12.0. The summed E-state index contributed by atoms with van der Waals surface area (Å²) >= 11 is 1.55. The third-order valence-electron chi connectivity index (χ3n) is 3.75. The number of nitrogens with zero attached hydrogens (tertiary/aromatic N) is 1. The van der Waals surface area contributed by atoms with Crippen LogP contribution in [0.5, 0.6) is 0 Å². The van der Waals surface area contributed by atoms with Gasteiger partial charge in [0.05, 0.1) is 6.61 Å². The molecule has 0 aliphatic heterocycles. The fourth-order valence-electron chi connectivity index (χ4n) is 2.47. The molecule has 0 saturated heterocycles. The summed E-state index contributed by atoms with van der Waals surface area (Å²) in [5.41, 5.74) is 2.16. The van der Waals surface area contributed by atoms with Crippen LogP contribution < -0.4 is 5.32 Å². The summed E-state index contributed by atoms with van der Waals surface area (Å²) in [6, 6.07) is 8.02. The quantitative estimate of drug-likeness (QED) is 0.804. The molecule has 0 fully saturated rings. The number of nitrogens with one attached hydrogen (secondary N) is 1. The first kappa shape index (κ1) is 16.6. The van der Waals surface area contributed by atoms with E-state index < -0.39 is 0 Å². The van der Waals surface area contributed by atoms with Gasteiger partial charge >= 0.3 is 0 Å². The van der Waals surface area contributed by atoms with E-state index in [9.17, 15) is 9.90 Å². The first-order chi connectivity index (χ1) is 10.6. The lowest BCUT2D eigenvalue weighted by Crippen LogP contribution is -2.40. The van der Waals surface area contributed by atoms with Crippen LogP contribution in [0.2, 0.25) is 0 Å². The Hall–Kier alpha value is -1.72. The van der Waals surface area contributed by atoms with Crippen LogP contribution in [0.3, 0.4) is 0 Å². The predicted molar refractivity (Wildman–Crippen MR) is 93.9 cm³/mol. The summed E-state index contributed by atoms with van der Waals surface area (Å²) in [7, 11) is 1.99. The summed E-state index contributed by atoms with van der Waals surface area (Å²) in [6.45, 7) is 1.96. The molecule has 1 aromatic carbocycles. The van der Waals surface area contributed by atoms with Gasteiger partial charge in [0, 0.05) is 47.1 Å². The average Bonchev–Trinajstić information content (AvgIpc) is 2.83. The first-order valence-corrected chi connectivity index (χ1v) is 8.52. The third-order valence-corrected chi connectivity index (χ3v) is 4.92. The SMILES string of the molecule is CSC(CO)C(C)NC(=O)/C=C/c1cn(C)c2ccccc12. The largest absolute Gasteiger partial charge is 0.395 e. The summed E-state index contributed by atoms with van der Waals surface area (Å²) < 4.78 is 2.05. The Morgan fingerprint density at radius 3 is 2.86 bits per heavy atom. The summed E-state index contributed by atoms with van der Waals surface area (Å²) in [5.74, 6) is -0.145. The summed E-state index contributed by atoms with van der Waals surface area (Å²) in [6.07, 6.45) is 7.32. The van der Waals surface area contributed by atoms with E-state index in [-0.39, 0.29) is 23.8 Å². The molecule has 0 saturated carbocycles. The molecule has 0 bridgehead atoms. The van der Waals surface area contributed by atoms with Gasteiger partial charge in [0.2, 0.25) is 5.91 Å². The van der Waals surface area contributed by atoms with Crippen LogP contribution in [0.4, 0.5) is 0 Å². The van der Waals surface area contributed by atoms with Gasteiger partial charge in [-0.1, -0.05) is 18.2 Å². The van der Waals surface area contributed by atoms with E-state index in [0.29, 0.717) is 0 Å². The van der Waals surface area contributed by atoms with Crippen molar-refractivity contribution in [2.24, 2.45) is 7.05 Å². The van der Waals surface area contributed by atoms with Crippen LogP contribution in [-0.2, 0) is 11.8 Å². The van der Waals surface area contributed by atoms with E-state index in [2.05, 4.69) is 11.4 Å². The number of carbonyl (C=O) groups excluding carboxylic acids is 1. The fourth-order valence-corrected chi connectivity index (χ4v) is 3.10. The standard InChI is InChI=1S/C17H22N2O2S/c1-12(16(11-20)22-3)18-17(21)9-8-13-10-19(2)15-7-5-4-6-14(13)15/h4-10,12,16,20H,11H2,1-3H3,(H,18,21)/b9-8+. The number of aromatic nitrogens is 1. The number of amides is 1. The zero-order valence-corrected chi connectivity index (χ0v) is 13.9. The molecule has 2 N–H and O–H groups in total. The number of benzene rings is 1. The normalized spacial score (nSPS) is 14.4. The van der Waals surface area contributed by atoms with E-state index in [4.69, 9.17) is 0 Å². The zero-order chi connectivity index (χ0) is 16.1. The zero-order valence-electron chi connectivity index (χ0n) is 13.1. The molecular formula is C17H22N2O2S. The van der Waals surface area contributed by atoms with Crippen molar-refractivity contribution >= 4 is 34.6 Å². The highest BCUT2D eigenvalue weighted by molar-refractivity contribution is 7.99. The lowest BCUT2D eigenvalue weighted by atomic mass is 10.1. The monoisotopic (exact) mass is 318 g/mol. The molecular weight excluding hydrogens is 296 g/mol. The van der Waals surface area contributed by atoms with Crippen LogP contribution in [0.25, 0.3) is 17.0 Å². The van der Waals surface area contributed by atoms with E-state index in [1.165, 1.54) is 0 Å². The topological polar surface area (TPSA) is 54.3 Å². The number of hydrogen-bond acceptors (Lipinski definition) is 3. The van der Waals surface area contributed by atoms with E-state index in [1.807, 2.05) is 55.3 Å². The van der Waals surface area contributed by atoms with Gasteiger partial charge in [0.1, 0.15) is 0 Å². The van der Waals surface area contributed by atoms with Crippen molar-refractivity contribution in [3.8, 4) is 0 Å². The molecule has 4 nitrogen and oxygen atoms in total. The van der Waals surface area contributed by atoms with Gasteiger partial charge in [-0.25, -0.2) is 0 Å². The number of para-hydroxylation sites is 1. The van der Waals surface area contributed by atoms with E-state index >= 15 is 0 Å². The molecule has 0 radical (unpaired) electrons. The van der Waals surface area contributed by atoms with Crippen molar-refractivity contribution in [1.29, 1.82) is 0 Å². The minimum absolute atomic E-state index is 0.00917. The van der Waals surface area contributed by atoms with Gasteiger partial charge in [0.15, 0.2) is 0 Å². The molecule has 1 amide bonds. The highest BCUT2D eigenvalue weighted by atomic mass is 32.2. The number of aryl methyl sites for hydroxylation is 1. The molecule has 2 rings (SSSR count). The van der Waals surface area contributed by atoms with Crippen LogP contribution in [0.1, 0.15) is 12.5 Å². The molecule has 2 unspecified atom stereocenters. The number of hydrogen-bond donors (Lipinski definition) is 2. The van der Waals surface area contributed by atoms with Crippen molar-refractivity contribution in [2.45, 2.75) is 18.2 Å². The Morgan fingerprint density at radius 1 is 1.45 bits per heavy atom. The maximum absolute atomic E-state index is 12.0. The fraction of sp³-hybridized carbons (Fsp3) is 0.353. The molecule has 5 heteroatoms. The highest BCUT2D eigenvalue weighted by Gasteiger charge is 2.16. The van der Waals surface area contributed by atoms with Gasteiger partial charge in [-0.05, 0) is 25.3 Å². The van der Waals surface area contributed by atoms with Crippen molar-refractivity contribution in [1.82, 2.24) is 9.88 Å². The van der Waals surface area contributed by atoms with Gasteiger partial charge in [-0.3, -0.25) is 4.79 Å². The Balaban J connectivity index is 2.09. The second-order valence-corrected chi connectivity index (χ2v) is 6.38. The molecule has 0 aliphatic carbocycles. The molecule has 1 aromatic heterocycles. The van der Waals surface area contributed by atoms with Crippen LogP contribution in [-0.4, -0.2) is 39.7 Å². The summed E-state index contributed by atoms with van der Waals surface area (Å²) in [5, 5.41) is 13.3. The minimum atomic E-state index is -0.145. The molecule has 118 valence electrons. The second-order valence-electron chi connectivity index (χ2n) is 5.30. The molecule has 0 aliphatic rings. The molecule has 2 aromatic rings. The van der Waals surface area contributed by atoms with Crippen LogP contribution in [0.15, 0.2) is 36.5 Å². The smallest absolute Gasteiger partial charge is 0.244 e. The first-order valence-electron chi connectivity index (χ1n) is 7.23. The van der Waals surface area contributed by atoms with Crippen molar-refractivity contribution in [3.63, 3.8) is 0 Å². The number of aliphatic hydroxyl groups excluding tert-OH is 1. The predicted octanol–water partition coefficient (Wildman–Crippen LogP) is 2.42. The lowest BCUT2D eigenvalue weighted by molar-refractivity contribution is -0.117. The average molecular weight is 318 g/mol. The minimum Gasteiger partial charge on any atom is -0.395 e. The van der Waals surface area contributed by atoms with Crippen molar-refractivity contribution < 1.29 is 9.90 Å². The molecule has 22 heavy (non-hydrogen) atoms. The number of aliphatic hydroxyl groups is 1. The van der Waals surface area contributed by atoms with Gasteiger partial charge < -0.3 is 15.0 Å². The highest BCUT2D eigenvalue weighted by Crippen LogP contribution is 2.21. The molecule has 0 spiro atoms. The third kappa shape index (κ3) is 3.72. The number of thioether (sulfide) groups is 1.